The zero-order valence-electron chi connectivity index (χ0n) is 12.6. The number of aliphatic hydroxyl groups excluding tert-OH is 1. The van der Waals surface area contributed by atoms with Crippen LogP contribution in [0.3, 0.4) is 0 Å². The van der Waals surface area contributed by atoms with Crippen molar-refractivity contribution < 1.29 is 19.8 Å². The van der Waals surface area contributed by atoms with Gasteiger partial charge in [0.2, 0.25) is 5.78 Å². The fraction of sp³-hybridized carbons (Fsp3) is 0.312. The number of rotatable bonds is 5. The molecule has 0 radical (unpaired) electrons. The van der Waals surface area contributed by atoms with Crippen LogP contribution in [0.2, 0.25) is 5.02 Å². The van der Waals surface area contributed by atoms with Crippen molar-refractivity contribution in [1.82, 2.24) is 4.90 Å². The first-order valence-electron chi connectivity index (χ1n) is 7.17. The van der Waals surface area contributed by atoms with Crippen LogP contribution in [0.15, 0.2) is 35.0 Å². The molecule has 122 valence electrons. The van der Waals surface area contributed by atoms with Gasteiger partial charge in [-0.3, -0.25) is 9.59 Å². The molecule has 0 amide bonds. The van der Waals surface area contributed by atoms with E-state index in [2.05, 4.69) is 4.99 Å². The summed E-state index contributed by atoms with van der Waals surface area (Å²) in [6.45, 7) is 2.55. The molecule has 0 heterocycles. The van der Waals surface area contributed by atoms with Gasteiger partial charge in [-0.25, -0.2) is 4.99 Å². The number of phenols is 1. The number of carbonyl (C=O) groups excluding carboxylic acids is 2. The minimum Gasteiger partial charge on any atom is -0.508 e. The Morgan fingerprint density at radius 1 is 1.35 bits per heavy atom. The molecule has 6 nitrogen and oxygen atoms in total. The van der Waals surface area contributed by atoms with Crippen molar-refractivity contribution in [2.75, 3.05) is 19.7 Å². The molecule has 1 aliphatic rings. The molecule has 0 bridgehead atoms. The Kier molecular flexibility index (Phi) is 5.52. The van der Waals surface area contributed by atoms with Gasteiger partial charge in [0.25, 0.3) is 0 Å². The van der Waals surface area contributed by atoms with Crippen molar-refractivity contribution in [2.24, 2.45) is 4.99 Å². The number of Topliss-reactive ketones (excluding diaryl/α,β-unsaturated/α-hetero) is 1. The Balaban J connectivity index is 2.31. The maximum atomic E-state index is 12.3. The van der Waals surface area contributed by atoms with E-state index in [1.807, 2.05) is 6.92 Å². The smallest absolute Gasteiger partial charge is 0.202 e. The number of carbonyl (C=O) groups is 2. The number of aliphatic hydroxyl groups is 1. The van der Waals surface area contributed by atoms with Crippen LogP contribution in [-0.4, -0.2) is 52.1 Å². The van der Waals surface area contributed by atoms with Crippen LogP contribution in [0.4, 0.5) is 5.69 Å². The number of nitrogens with zero attached hydrogens (tertiary/aromatic N) is 2. The second kappa shape index (κ2) is 7.39. The second-order valence-electron chi connectivity index (χ2n) is 4.99. The third kappa shape index (κ3) is 3.97. The lowest BCUT2D eigenvalue weighted by Crippen LogP contribution is -2.35. The van der Waals surface area contributed by atoms with E-state index in [1.165, 1.54) is 24.3 Å². The monoisotopic (exact) mass is 336 g/mol. The molecule has 0 fully saturated rings. The lowest BCUT2D eigenvalue weighted by Gasteiger charge is -2.26. The van der Waals surface area contributed by atoms with Crippen molar-refractivity contribution >= 4 is 34.6 Å². The summed E-state index contributed by atoms with van der Waals surface area (Å²) in [6.07, 6.45) is 1.13. The molecule has 0 spiro atoms. The molecule has 0 saturated heterocycles. The zero-order valence-corrected chi connectivity index (χ0v) is 13.4. The number of ketones is 2. The fourth-order valence-corrected chi connectivity index (χ4v) is 2.50. The van der Waals surface area contributed by atoms with Crippen LogP contribution in [0.5, 0.6) is 5.75 Å². The van der Waals surface area contributed by atoms with Crippen LogP contribution < -0.4 is 0 Å². The number of allylic oxidation sites excluding steroid dienone is 2. The van der Waals surface area contributed by atoms with Crippen molar-refractivity contribution in [2.45, 2.75) is 13.3 Å². The number of aliphatic imine (C=N–C) groups is 1. The van der Waals surface area contributed by atoms with Crippen LogP contribution in [0.1, 0.15) is 13.3 Å². The zero-order chi connectivity index (χ0) is 17.0. The van der Waals surface area contributed by atoms with E-state index in [1.54, 1.807) is 4.90 Å². The number of hydrogen-bond donors (Lipinski definition) is 2. The summed E-state index contributed by atoms with van der Waals surface area (Å²) in [5.41, 5.74) is 0.717. The summed E-state index contributed by atoms with van der Waals surface area (Å²) in [5, 5.41) is 18.5. The molecule has 0 atom stereocenters. The highest BCUT2D eigenvalue weighted by Crippen LogP contribution is 2.29. The summed E-state index contributed by atoms with van der Waals surface area (Å²) < 4.78 is 0. The van der Waals surface area contributed by atoms with E-state index in [4.69, 9.17) is 16.7 Å². The first-order valence-corrected chi connectivity index (χ1v) is 7.55. The maximum Gasteiger partial charge on any atom is 0.202 e. The van der Waals surface area contributed by atoms with Gasteiger partial charge in [-0.2, -0.15) is 0 Å². The molecule has 1 aliphatic carbocycles. The highest BCUT2D eigenvalue weighted by atomic mass is 35.5. The van der Waals surface area contributed by atoms with Gasteiger partial charge in [0.15, 0.2) is 5.78 Å². The standard InChI is InChI=1S/C16H17ClN2O4/c1-2-19(5-6-20)14-9-15(22)13(8-16(14)23)18-12-4-3-10(21)7-11(12)17/h3-4,7,9,20-21H,2,5-6,8H2,1H3. The average molecular weight is 337 g/mol. The molecule has 0 unspecified atom stereocenters. The molecule has 2 rings (SSSR count). The highest BCUT2D eigenvalue weighted by Gasteiger charge is 2.27. The number of halogens is 1. The first-order chi connectivity index (χ1) is 11.0. The van der Waals surface area contributed by atoms with Gasteiger partial charge in [0.1, 0.15) is 5.75 Å². The van der Waals surface area contributed by atoms with E-state index in [0.717, 1.165) is 0 Å². The van der Waals surface area contributed by atoms with Gasteiger partial charge in [-0.1, -0.05) is 11.6 Å². The molecule has 2 N–H and O–H groups in total. The molecular weight excluding hydrogens is 320 g/mol. The predicted octanol–water partition coefficient (Wildman–Crippen LogP) is 1.86. The average Bonchev–Trinajstić information content (AvgIpc) is 2.51. The van der Waals surface area contributed by atoms with E-state index < -0.39 is 0 Å². The quantitative estimate of drug-likeness (QED) is 0.856. The lowest BCUT2D eigenvalue weighted by atomic mass is 9.98. The molecular formula is C16H17ClN2O4. The number of aromatic hydroxyl groups is 1. The minimum atomic E-state index is -0.361. The highest BCUT2D eigenvalue weighted by molar-refractivity contribution is 6.50. The molecule has 7 heteroatoms. The number of phenolic OH excluding ortho intramolecular Hbond substituents is 1. The molecule has 0 saturated carbocycles. The van der Waals surface area contributed by atoms with Crippen molar-refractivity contribution in [1.29, 1.82) is 0 Å². The second-order valence-corrected chi connectivity index (χ2v) is 5.40. The maximum absolute atomic E-state index is 12.3. The van der Waals surface area contributed by atoms with Crippen LogP contribution in [-0.2, 0) is 9.59 Å². The lowest BCUT2D eigenvalue weighted by molar-refractivity contribution is -0.118. The number of likely N-dealkylation sites (N-methyl/N-ethyl adjacent to an activating group) is 1. The summed E-state index contributed by atoms with van der Waals surface area (Å²) in [6, 6.07) is 4.20. The largest absolute Gasteiger partial charge is 0.508 e. The van der Waals surface area contributed by atoms with Crippen LogP contribution >= 0.6 is 11.6 Å². The van der Waals surface area contributed by atoms with E-state index in [9.17, 15) is 14.7 Å². The minimum absolute atomic E-state index is 0.00484. The number of benzene rings is 1. The first kappa shape index (κ1) is 17.2. The predicted molar refractivity (Wildman–Crippen MR) is 87.3 cm³/mol. The third-order valence-electron chi connectivity index (χ3n) is 3.44. The molecule has 1 aromatic carbocycles. The van der Waals surface area contributed by atoms with Gasteiger partial charge in [0.05, 0.1) is 35.1 Å². The number of hydrogen-bond acceptors (Lipinski definition) is 6. The Morgan fingerprint density at radius 3 is 2.70 bits per heavy atom. The molecule has 0 aliphatic heterocycles. The Labute approximate surface area is 138 Å². The van der Waals surface area contributed by atoms with Gasteiger partial charge in [-0.05, 0) is 19.1 Å². The molecule has 1 aromatic rings. The fourth-order valence-electron chi connectivity index (χ4n) is 2.28. The molecule has 0 aromatic heterocycles. The van der Waals surface area contributed by atoms with Gasteiger partial charge < -0.3 is 15.1 Å². The third-order valence-corrected chi connectivity index (χ3v) is 3.75. The van der Waals surface area contributed by atoms with Gasteiger partial charge in [0, 0.05) is 25.2 Å². The summed E-state index contributed by atoms with van der Waals surface area (Å²) in [4.78, 5) is 30.3. The Morgan fingerprint density at radius 2 is 2.09 bits per heavy atom. The SMILES string of the molecule is CCN(CCO)C1=CC(=O)C(=Nc2ccc(O)cc2Cl)CC1=O. The van der Waals surface area contributed by atoms with Crippen LogP contribution in [0.25, 0.3) is 0 Å². The van der Waals surface area contributed by atoms with Crippen molar-refractivity contribution in [3.8, 4) is 5.75 Å². The van der Waals surface area contributed by atoms with E-state index in [-0.39, 0.29) is 47.6 Å². The van der Waals surface area contributed by atoms with Crippen molar-refractivity contribution in [3.05, 3.63) is 35.0 Å². The van der Waals surface area contributed by atoms with E-state index >= 15 is 0 Å². The summed E-state index contributed by atoms with van der Waals surface area (Å²) in [7, 11) is 0. The Hall–Kier alpha value is -2.18. The van der Waals surface area contributed by atoms with Gasteiger partial charge >= 0.3 is 0 Å². The summed E-state index contributed by atoms with van der Waals surface area (Å²) >= 11 is 5.96. The van der Waals surface area contributed by atoms with Crippen molar-refractivity contribution in [3.63, 3.8) is 0 Å². The molecule has 23 heavy (non-hydrogen) atoms. The normalized spacial score (nSPS) is 16.7. The topological polar surface area (TPSA) is 90.2 Å². The summed E-state index contributed by atoms with van der Waals surface area (Å²) in [5.74, 6) is -0.594. The van der Waals surface area contributed by atoms with Gasteiger partial charge in [-0.15, -0.1) is 0 Å². The van der Waals surface area contributed by atoms with E-state index in [0.29, 0.717) is 17.9 Å². The van der Waals surface area contributed by atoms with Crippen LogP contribution in [0, 0.1) is 0 Å². The Bertz CT molecular complexity index is 697.